The SMILES string of the molecule is CCCCCC1OP2(=O)OC1(C#N)O2. The normalized spacial score (nSPS) is 44.4. The van der Waals surface area contributed by atoms with Gasteiger partial charge in [0, 0.05) is 0 Å². The Balaban J connectivity index is 1.94. The summed E-state index contributed by atoms with van der Waals surface area (Å²) in [5.41, 5.74) is 0. The first kappa shape index (κ1) is 10.1. The third-order valence-electron chi connectivity index (χ3n) is 2.40. The number of rotatable bonds is 4. The maximum Gasteiger partial charge on any atom is 0.482 e. The average Bonchev–Trinajstić information content (AvgIpc) is 2.53. The van der Waals surface area contributed by atoms with Crippen molar-refractivity contribution in [1.82, 2.24) is 0 Å². The quantitative estimate of drug-likeness (QED) is 0.534. The van der Waals surface area contributed by atoms with E-state index in [2.05, 4.69) is 6.92 Å². The molecule has 3 rings (SSSR count). The molecular formula is C8H12NO4P. The molecule has 0 aromatic heterocycles. The predicted octanol–water partition coefficient (Wildman–Crippen LogP) is 2.34. The van der Waals surface area contributed by atoms with Crippen molar-refractivity contribution in [3.63, 3.8) is 0 Å². The second-order valence-corrected chi connectivity index (χ2v) is 4.97. The minimum Gasteiger partial charge on any atom is -0.276 e. The summed E-state index contributed by atoms with van der Waals surface area (Å²) in [6.45, 7) is 2.09. The zero-order chi connectivity index (χ0) is 10.2. The van der Waals surface area contributed by atoms with Crippen molar-refractivity contribution in [2.24, 2.45) is 0 Å². The van der Waals surface area contributed by atoms with Crippen LogP contribution in [0.4, 0.5) is 0 Å². The molecule has 3 aliphatic rings. The maximum atomic E-state index is 11.3. The second-order valence-electron chi connectivity index (χ2n) is 3.50. The maximum absolute atomic E-state index is 11.3. The van der Waals surface area contributed by atoms with Crippen LogP contribution in [0, 0.1) is 11.3 Å². The van der Waals surface area contributed by atoms with Crippen LogP contribution in [0.25, 0.3) is 0 Å². The number of hydrogen-bond donors (Lipinski definition) is 0. The van der Waals surface area contributed by atoms with Crippen molar-refractivity contribution in [2.45, 2.75) is 44.5 Å². The molecule has 3 heterocycles. The molecule has 78 valence electrons. The Kier molecular flexibility index (Phi) is 2.40. The molecule has 0 saturated carbocycles. The fourth-order valence-corrected chi connectivity index (χ4v) is 3.30. The van der Waals surface area contributed by atoms with E-state index >= 15 is 0 Å². The average molecular weight is 217 g/mol. The van der Waals surface area contributed by atoms with E-state index in [-0.39, 0.29) is 0 Å². The lowest BCUT2D eigenvalue weighted by atomic mass is 10.0. The van der Waals surface area contributed by atoms with Crippen LogP contribution in [-0.4, -0.2) is 11.9 Å². The van der Waals surface area contributed by atoms with Gasteiger partial charge in [0.1, 0.15) is 12.2 Å². The van der Waals surface area contributed by atoms with Gasteiger partial charge in [0.25, 0.3) is 0 Å². The molecular weight excluding hydrogens is 205 g/mol. The summed E-state index contributed by atoms with van der Waals surface area (Å²) in [6, 6.07) is 1.87. The fraction of sp³-hybridized carbons (Fsp3) is 0.875. The van der Waals surface area contributed by atoms with Crippen molar-refractivity contribution in [1.29, 1.82) is 5.26 Å². The van der Waals surface area contributed by atoms with E-state index in [0.29, 0.717) is 6.42 Å². The van der Waals surface area contributed by atoms with Gasteiger partial charge in [0.05, 0.1) is 0 Å². The standard InChI is InChI=1S/C8H12NO4P/c1-2-3-4-5-7-8(6-9)12-14(10,11-7)13-8/h7H,2-5H2,1H3. The first-order chi connectivity index (χ1) is 6.64. The van der Waals surface area contributed by atoms with E-state index < -0.39 is 19.7 Å². The largest absolute Gasteiger partial charge is 0.482 e. The number of nitriles is 1. The van der Waals surface area contributed by atoms with Gasteiger partial charge in [-0.2, -0.15) is 5.26 Å². The lowest BCUT2D eigenvalue weighted by molar-refractivity contribution is -0.138. The first-order valence-corrected chi connectivity index (χ1v) is 6.21. The van der Waals surface area contributed by atoms with E-state index in [1.54, 1.807) is 0 Å². The van der Waals surface area contributed by atoms with Gasteiger partial charge in [0.2, 0.25) is 0 Å². The molecule has 1 atom stereocenters. The van der Waals surface area contributed by atoms with Crippen LogP contribution in [0.2, 0.25) is 0 Å². The number of phosphoric ester groups is 1. The second kappa shape index (κ2) is 3.32. The summed E-state index contributed by atoms with van der Waals surface area (Å²) in [4.78, 5) is 0. The zero-order valence-corrected chi connectivity index (χ0v) is 8.83. The summed E-state index contributed by atoms with van der Waals surface area (Å²) in [7, 11) is -3.31. The summed E-state index contributed by atoms with van der Waals surface area (Å²) in [5, 5.41) is 8.80. The fourth-order valence-electron chi connectivity index (χ4n) is 1.66. The highest BCUT2D eigenvalue weighted by atomic mass is 31.2. The molecule has 3 saturated heterocycles. The van der Waals surface area contributed by atoms with Crippen molar-refractivity contribution in [3.8, 4) is 6.07 Å². The number of nitrogens with zero attached hydrogens (tertiary/aromatic N) is 1. The van der Waals surface area contributed by atoms with Gasteiger partial charge in [-0.15, -0.1) is 0 Å². The van der Waals surface area contributed by atoms with E-state index in [9.17, 15) is 4.57 Å². The Morgan fingerprint density at radius 2 is 2.21 bits per heavy atom. The minimum atomic E-state index is -3.31. The molecule has 0 aromatic carbocycles. The summed E-state index contributed by atoms with van der Waals surface area (Å²) in [5.74, 6) is -1.37. The minimum absolute atomic E-state index is 0.482. The van der Waals surface area contributed by atoms with E-state index in [1.165, 1.54) is 0 Å². The highest BCUT2D eigenvalue weighted by Gasteiger charge is 2.71. The highest BCUT2D eigenvalue weighted by Crippen LogP contribution is 2.74. The zero-order valence-electron chi connectivity index (χ0n) is 7.93. The van der Waals surface area contributed by atoms with Crippen LogP contribution >= 0.6 is 7.82 Å². The van der Waals surface area contributed by atoms with E-state index in [4.69, 9.17) is 18.8 Å². The molecule has 6 heteroatoms. The monoisotopic (exact) mass is 217 g/mol. The Morgan fingerprint density at radius 1 is 1.50 bits per heavy atom. The number of unbranched alkanes of at least 4 members (excludes halogenated alkanes) is 2. The molecule has 0 amide bonds. The third-order valence-corrected chi connectivity index (χ3v) is 3.90. The summed E-state index contributed by atoms with van der Waals surface area (Å²) in [6.07, 6.45) is 3.25. The lowest BCUT2D eigenvalue weighted by Gasteiger charge is -2.28. The predicted molar refractivity (Wildman–Crippen MR) is 47.1 cm³/mol. The molecule has 2 bridgehead atoms. The molecule has 0 aromatic rings. The Hall–Kier alpha value is -0.400. The highest BCUT2D eigenvalue weighted by molar-refractivity contribution is 7.50. The molecule has 0 aliphatic carbocycles. The molecule has 3 fully saturated rings. The van der Waals surface area contributed by atoms with Gasteiger partial charge < -0.3 is 0 Å². The summed E-state index contributed by atoms with van der Waals surface area (Å²) < 4.78 is 26.1. The molecule has 1 unspecified atom stereocenters. The molecule has 0 N–H and O–H groups in total. The third kappa shape index (κ3) is 1.39. The van der Waals surface area contributed by atoms with Gasteiger partial charge in [0.15, 0.2) is 0 Å². The van der Waals surface area contributed by atoms with Crippen LogP contribution in [0.15, 0.2) is 0 Å². The Labute approximate surface area is 82.6 Å². The Morgan fingerprint density at radius 3 is 2.79 bits per heavy atom. The molecule has 14 heavy (non-hydrogen) atoms. The van der Waals surface area contributed by atoms with Crippen molar-refractivity contribution in [3.05, 3.63) is 0 Å². The first-order valence-electron chi connectivity index (χ1n) is 4.75. The molecule has 3 aliphatic heterocycles. The summed E-state index contributed by atoms with van der Waals surface area (Å²) >= 11 is 0. The topological polar surface area (TPSA) is 68.5 Å². The lowest BCUT2D eigenvalue weighted by Crippen LogP contribution is -2.42. The van der Waals surface area contributed by atoms with Crippen molar-refractivity contribution < 1.29 is 18.1 Å². The van der Waals surface area contributed by atoms with Gasteiger partial charge in [-0.05, 0) is 6.42 Å². The van der Waals surface area contributed by atoms with Crippen LogP contribution in [0.3, 0.4) is 0 Å². The smallest absolute Gasteiger partial charge is 0.276 e. The van der Waals surface area contributed by atoms with Crippen LogP contribution in [0.1, 0.15) is 32.6 Å². The molecule has 5 nitrogen and oxygen atoms in total. The number of fused-ring (bicyclic) bond motifs is 1. The van der Waals surface area contributed by atoms with E-state index in [1.807, 2.05) is 6.07 Å². The van der Waals surface area contributed by atoms with E-state index in [0.717, 1.165) is 19.3 Å². The Bertz CT molecular complexity index is 314. The number of phosphoric acid groups is 1. The van der Waals surface area contributed by atoms with Gasteiger partial charge in [-0.25, -0.2) is 13.6 Å². The number of hydrogen-bond acceptors (Lipinski definition) is 5. The van der Waals surface area contributed by atoms with Crippen LogP contribution < -0.4 is 0 Å². The van der Waals surface area contributed by atoms with Crippen molar-refractivity contribution in [2.75, 3.05) is 0 Å². The van der Waals surface area contributed by atoms with Gasteiger partial charge >= 0.3 is 13.6 Å². The van der Waals surface area contributed by atoms with Crippen LogP contribution in [0.5, 0.6) is 0 Å². The van der Waals surface area contributed by atoms with Gasteiger partial charge in [-0.3, -0.25) is 4.52 Å². The van der Waals surface area contributed by atoms with Crippen LogP contribution in [-0.2, 0) is 18.1 Å². The molecule has 0 spiro atoms. The molecule has 0 radical (unpaired) electrons. The van der Waals surface area contributed by atoms with Crippen molar-refractivity contribution >= 4 is 7.82 Å². The van der Waals surface area contributed by atoms with Gasteiger partial charge in [-0.1, -0.05) is 26.2 Å².